The number of hydrogen-bond donors (Lipinski definition) is 2. The van der Waals surface area contributed by atoms with E-state index in [9.17, 15) is 14.4 Å². The van der Waals surface area contributed by atoms with E-state index in [0.29, 0.717) is 0 Å². The maximum Gasteiger partial charge on any atom is 0.372 e. The minimum atomic E-state index is -1.71. The topological polar surface area (TPSA) is 91.7 Å². The maximum absolute atomic E-state index is 9.97. The van der Waals surface area contributed by atoms with E-state index in [2.05, 4.69) is 0 Å². The molecule has 0 heterocycles. The molecule has 0 atom stereocenters. The first-order valence-electron chi connectivity index (χ1n) is 2.02. The minimum Gasteiger partial charge on any atom is -0.481 e. The summed E-state index contributed by atoms with van der Waals surface area (Å²) in [5.74, 6) is -4.44. The first-order valence-corrected chi connectivity index (χ1v) is 2.02. The van der Waals surface area contributed by atoms with Crippen LogP contribution >= 0.6 is 0 Å². The molecule has 0 saturated heterocycles. The zero-order valence-corrected chi connectivity index (χ0v) is 5.57. The van der Waals surface area contributed by atoms with Crippen molar-refractivity contribution in [2.75, 3.05) is 0 Å². The molecule has 10 heavy (non-hydrogen) atoms. The second-order valence-corrected chi connectivity index (χ2v) is 1.30. The molecular weight excluding hydrogens is 192 g/mol. The number of aliphatic carboxylic acids is 2. The van der Waals surface area contributed by atoms with E-state index in [4.69, 9.17) is 10.2 Å². The third-order valence-corrected chi connectivity index (χ3v) is 0.550. The molecule has 0 rings (SSSR count). The van der Waals surface area contributed by atoms with E-state index >= 15 is 0 Å². The van der Waals surface area contributed by atoms with Crippen LogP contribution in [0.15, 0.2) is 0 Å². The van der Waals surface area contributed by atoms with Gasteiger partial charge in [-0.3, -0.25) is 9.59 Å². The second kappa shape index (κ2) is 4.96. The third kappa shape index (κ3) is 5.27. The molecule has 0 saturated carbocycles. The van der Waals surface area contributed by atoms with Crippen molar-refractivity contribution in [3.63, 3.8) is 0 Å². The number of ketones is 1. The summed E-state index contributed by atoms with van der Waals surface area (Å²) in [6.45, 7) is 0. The van der Waals surface area contributed by atoms with Crippen LogP contribution < -0.4 is 0 Å². The van der Waals surface area contributed by atoms with Gasteiger partial charge in [0.25, 0.3) is 5.78 Å². The van der Waals surface area contributed by atoms with Crippen LogP contribution in [0.2, 0.25) is 0 Å². The van der Waals surface area contributed by atoms with E-state index in [1.807, 2.05) is 0 Å². The van der Waals surface area contributed by atoms with E-state index in [1.54, 1.807) is 0 Å². The molecule has 0 aliphatic carbocycles. The third-order valence-electron chi connectivity index (χ3n) is 0.550. The van der Waals surface area contributed by atoms with Crippen molar-refractivity contribution < 1.29 is 41.7 Å². The number of carboxylic acids is 2. The van der Waals surface area contributed by atoms with Gasteiger partial charge in [0.1, 0.15) is 6.42 Å². The summed E-state index contributed by atoms with van der Waals surface area (Å²) < 4.78 is 0. The Bertz CT molecular complexity index is 163. The first kappa shape index (κ1) is 11.9. The normalized spacial score (nSPS) is 7.60. The monoisotopic (exact) mass is 195 g/mol. The summed E-state index contributed by atoms with van der Waals surface area (Å²) in [4.78, 5) is 29.2. The Morgan fingerprint density at radius 3 is 1.60 bits per heavy atom. The van der Waals surface area contributed by atoms with Gasteiger partial charge in [0, 0.05) is 17.1 Å². The van der Waals surface area contributed by atoms with Crippen LogP contribution in [0.1, 0.15) is 6.42 Å². The fourth-order valence-electron chi connectivity index (χ4n) is 0.213. The van der Waals surface area contributed by atoms with Gasteiger partial charge in [0.05, 0.1) is 0 Å². The molecule has 0 aliphatic rings. The van der Waals surface area contributed by atoms with E-state index in [0.717, 1.165) is 0 Å². The Kier molecular flexibility index (Phi) is 5.88. The van der Waals surface area contributed by atoms with Crippen molar-refractivity contribution in [1.82, 2.24) is 0 Å². The molecule has 0 aliphatic heterocycles. The van der Waals surface area contributed by atoms with Gasteiger partial charge in [-0.25, -0.2) is 4.79 Å². The second-order valence-electron chi connectivity index (χ2n) is 1.30. The summed E-state index contributed by atoms with van der Waals surface area (Å²) in [5.41, 5.74) is 0. The van der Waals surface area contributed by atoms with E-state index in [1.165, 1.54) is 0 Å². The Morgan fingerprint density at radius 1 is 1.10 bits per heavy atom. The van der Waals surface area contributed by atoms with Crippen molar-refractivity contribution in [1.29, 1.82) is 0 Å². The molecule has 0 bridgehead atoms. The fraction of sp³-hybridized carbons (Fsp3) is 0.250. The molecule has 0 unspecified atom stereocenters. The first-order chi connectivity index (χ1) is 4.04. The van der Waals surface area contributed by atoms with Crippen molar-refractivity contribution >= 4 is 17.7 Å². The maximum atomic E-state index is 9.97. The largest absolute Gasteiger partial charge is 0.481 e. The van der Waals surface area contributed by atoms with Crippen molar-refractivity contribution in [3.8, 4) is 0 Å². The summed E-state index contributed by atoms with van der Waals surface area (Å²) in [6, 6.07) is 0. The molecule has 61 valence electrons. The number of hydrogen-bond acceptors (Lipinski definition) is 3. The van der Waals surface area contributed by atoms with Crippen LogP contribution in [0.3, 0.4) is 0 Å². The van der Waals surface area contributed by atoms with Gasteiger partial charge in [0.15, 0.2) is 0 Å². The Morgan fingerprint density at radius 2 is 1.50 bits per heavy atom. The number of Topliss-reactive ketones (excluding diaryl/α,β-unsaturated/α-hetero) is 1. The Hall–Kier alpha value is -0.871. The van der Waals surface area contributed by atoms with Crippen LogP contribution in [0.25, 0.3) is 0 Å². The van der Waals surface area contributed by atoms with Crippen molar-refractivity contribution in [2.45, 2.75) is 6.42 Å². The van der Waals surface area contributed by atoms with Gasteiger partial charge in [-0.2, -0.15) is 0 Å². The average molecular weight is 196 g/mol. The molecular formula is C4H4CuO5. The zero-order chi connectivity index (χ0) is 7.44. The quantitative estimate of drug-likeness (QED) is 0.346. The predicted molar refractivity (Wildman–Crippen MR) is 24.9 cm³/mol. The Balaban J connectivity index is 0. The zero-order valence-electron chi connectivity index (χ0n) is 4.63. The fourth-order valence-corrected chi connectivity index (χ4v) is 0.213. The standard InChI is InChI=1S/C4H4O5.Cu/c5-2(4(8)9)1-3(6)7;/h1H2,(H,6,7)(H,8,9);. The molecule has 0 spiro atoms. The summed E-state index contributed by atoms with van der Waals surface area (Å²) >= 11 is 0. The Labute approximate surface area is 66.5 Å². The number of carbonyl (C=O) groups excluding carboxylic acids is 1. The van der Waals surface area contributed by atoms with E-state index in [-0.39, 0.29) is 17.1 Å². The number of carbonyl (C=O) groups is 3. The molecule has 0 aromatic carbocycles. The van der Waals surface area contributed by atoms with Crippen molar-refractivity contribution in [3.05, 3.63) is 0 Å². The minimum absolute atomic E-state index is 0. The number of carboxylic acid groups (broad SMARTS) is 2. The summed E-state index contributed by atoms with van der Waals surface area (Å²) in [6.07, 6.45) is -0.949. The molecule has 0 fully saturated rings. The molecule has 5 nitrogen and oxygen atoms in total. The van der Waals surface area contributed by atoms with Crippen LogP contribution in [0, 0.1) is 0 Å². The SMILES string of the molecule is O=C(O)CC(=O)C(=O)O.[Cu]. The van der Waals surface area contributed by atoms with Crippen LogP contribution in [0.4, 0.5) is 0 Å². The molecule has 0 aromatic heterocycles. The molecule has 0 aromatic rings. The van der Waals surface area contributed by atoms with Gasteiger partial charge in [-0.05, 0) is 0 Å². The van der Waals surface area contributed by atoms with Crippen LogP contribution in [-0.2, 0) is 31.5 Å². The van der Waals surface area contributed by atoms with Crippen molar-refractivity contribution in [2.24, 2.45) is 0 Å². The van der Waals surface area contributed by atoms with Gasteiger partial charge >= 0.3 is 11.9 Å². The van der Waals surface area contributed by atoms with Gasteiger partial charge in [-0.1, -0.05) is 0 Å². The molecule has 0 amide bonds. The average Bonchev–Trinajstić information content (AvgIpc) is 1.63. The molecule has 6 heteroatoms. The molecule has 1 radical (unpaired) electrons. The number of rotatable bonds is 3. The smallest absolute Gasteiger partial charge is 0.372 e. The van der Waals surface area contributed by atoms with Gasteiger partial charge < -0.3 is 10.2 Å². The van der Waals surface area contributed by atoms with Crippen LogP contribution in [0.5, 0.6) is 0 Å². The summed E-state index contributed by atoms with van der Waals surface area (Å²) in [5, 5.41) is 15.7. The van der Waals surface area contributed by atoms with E-state index < -0.39 is 24.1 Å². The van der Waals surface area contributed by atoms with Crippen LogP contribution in [-0.4, -0.2) is 27.9 Å². The summed E-state index contributed by atoms with van der Waals surface area (Å²) in [7, 11) is 0. The molecule has 2 N–H and O–H groups in total. The van der Waals surface area contributed by atoms with Gasteiger partial charge in [0.2, 0.25) is 0 Å². The van der Waals surface area contributed by atoms with Gasteiger partial charge in [-0.15, -0.1) is 0 Å². The predicted octanol–water partition coefficient (Wildman–Crippen LogP) is -0.888.